The molecule has 0 fully saturated rings. The van der Waals surface area contributed by atoms with Gasteiger partial charge in [-0.05, 0) is 27.7 Å². The van der Waals surface area contributed by atoms with Gasteiger partial charge in [0.1, 0.15) is 0 Å². The highest BCUT2D eigenvalue weighted by Crippen LogP contribution is 2.57. The number of rotatable bonds is 13. The lowest BCUT2D eigenvalue weighted by atomic mass is 10.5. The van der Waals surface area contributed by atoms with Gasteiger partial charge in [0, 0.05) is 33.4 Å². The lowest BCUT2D eigenvalue weighted by Crippen LogP contribution is -2.23. The molecule has 6 heteroatoms. The van der Waals surface area contributed by atoms with E-state index in [0.29, 0.717) is 13.2 Å². The van der Waals surface area contributed by atoms with Crippen molar-refractivity contribution >= 4 is 13.2 Å². The molecule has 0 aliphatic rings. The number of hydrogen-bond acceptors (Lipinski definition) is 5. The number of carbonyl (C=O) groups excluding carboxylic acids is 1. The van der Waals surface area contributed by atoms with Crippen molar-refractivity contribution in [2.75, 3.05) is 64.8 Å². The van der Waals surface area contributed by atoms with E-state index in [-0.39, 0.29) is 13.0 Å². The Balaban J connectivity index is 0. The SMILES string of the molecule is CCOCC[P+](CC)(CC)CC.COCCOCCC(=O)[O-]. The van der Waals surface area contributed by atoms with Gasteiger partial charge in [-0.2, -0.15) is 0 Å². The summed E-state index contributed by atoms with van der Waals surface area (Å²) in [6.07, 6.45) is 5.47. The zero-order chi connectivity index (χ0) is 17.3. The largest absolute Gasteiger partial charge is 0.550 e. The third-order valence-electron chi connectivity index (χ3n) is 3.81. The van der Waals surface area contributed by atoms with Crippen molar-refractivity contribution < 1.29 is 24.1 Å². The Morgan fingerprint density at radius 1 is 0.909 bits per heavy atom. The summed E-state index contributed by atoms with van der Waals surface area (Å²) >= 11 is 0. The van der Waals surface area contributed by atoms with Crippen LogP contribution in [0, 0.1) is 0 Å². The predicted molar refractivity (Wildman–Crippen MR) is 92.2 cm³/mol. The molecular formula is C16H35O5P. The van der Waals surface area contributed by atoms with E-state index < -0.39 is 13.2 Å². The van der Waals surface area contributed by atoms with Crippen molar-refractivity contribution in [1.82, 2.24) is 0 Å². The molecule has 0 amide bonds. The summed E-state index contributed by atoms with van der Waals surface area (Å²) in [5.41, 5.74) is 0. The molecule has 22 heavy (non-hydrogen) atoms. The summed E-state index contributed by atoms with van der Waals surface area (Å²) in [4.78, 5) is 9.81. The molecule has 5 nitrogen and oxygen atoms in total. The average molecular weight is 338 g/mol. The molecule has 134 valence electrons. The van der Waals surface area contributed by atoms with E-state index in [9.17, 15) is 9.90 Å². The number of methoxy groups -OCH3 is 1. The molecule has 0 N–H and O–H groups in total. The van der Waals surface area contributed by atoms with Crippen LogP contribution in [0.4, 0.5) is 0 Å². The molecular weight excluding hydrogens is 303 g/mol. The third kappa shape index (κ3) is 14.7. The molecule has 0 saturated heterocycles. The van der Waals surface area contributed by atoms with E-state index in [2.05, 4.69) is 32.4 Å². The van der Waals surface area contributed by atoms with Gasteiger partial charge < -0.3 is 24.1 Å². The van der Waals surface area contributed by atoms with Crippen molar-refractivity contribution in [3.8, 4) is 0 Å². The zero-order valence-electron chi connectivity index (χ0n) is 15.1. The molecule has 0 bridgehead atoms. The molecule has 0 spiro atoms. The highest BCUT2D eigenvalue weighted by Gasteiger charge is 2.30. The van der Waals surface area contributed by atoms with Gasteiger partial charge in [0.25, 0.3) is 0 Å². The number of aliphatic carboxylic acids is 1. The normalized spacial score (nSPS) is 11.0. The third-order valence-corrected chi connectivity index (χ3v) is 8.97. The Bertz CT molecular complexity index is 236. The fourth-order valence-corrected chi connectivity index (χ4v) is 4.75. The van der Waals surface area contributed by atoms with Crippen LogP contribution in [0.25, 0.3) is 0 Å². The Labute approximate surface area is 137 Å². The van der Waals surface area contributed by atoms with E-state index >= 15 is 0 Å². The quantitative estimate of drug-likeness (QED) is 0.379. The number of hydrogen-bond donors (Lipinski definition) is 0. The van der Waals surface area contributed by atoms with E-state index in [0.717, 1.165) is 13.2 Å². The van der Waals surface area contributed by atoms with E-state index in [1.165, 1.54) is 24.6 Å². The van der Waals surface area contributed by atoms with Gasteiger partial charge >= 0.3 is 0 Å². The van der Waals surface area contributed by atoms with Gasteiger partial charge in [0.05, 0.1) is 51.1 Å². The van der Waals surface area contributed by atoms with Gasteiger partial charge in [-0.15, -0.1) is 0 Å². The molecule has 0 aromatic rings. The molecule has 0 atom stereocenters. The van der Waals surface area contributed by atoms with Crippen LogP contribution in [0.1, 0.15) is 34.1 Å². The van der Waals surface area contributed by atoms with E-state index in [4.69, 9.17) is 9.47 Å². The molecule has 0 aromatic carbocycles. The highest BCUT2D eigenvalue weighted by molar-refractivity contribution is 7.75. The highest BCUT2D eigenvalue weighted by atomic mass is 31.2. The van der Waals surface area contributed by atoms with Crippen LogP contribution in [0.15, 0.2) is 0 Å². The van der Waals surface area contributed by atoms with Crippen molar-refractivity contribution in [1.29, 1.82) is 0 Å². The van der Waals surface area contributed by atoms with Crippen molar-refractivity contribution in [2.24, 2.45) is 0 Å². The second-order valence-electron chi connectivity index (χ2n) is 4.94. The summed E-state index contributed by atoms with van der Waals surface area (Å²) in [5, 5.41) is 9.81. The molecule has 0 aromatic heterocycles. The van der Waals surface area contributed by atoms with Crippen LogP contribution in [-0.4, -0.2) is 70.8 Å². The lowest BCUT2D eigenvalue weighted by molar-refractivity contribution is -0.306. The first-order valence-electron chi connectivity index (χ1n) is 8.21. The molecule has 0 aliphatic heterocycles. The van der Waals surface area contributed by atoms with Crippen LogP contribution < -0.4 is 5.11 Å². The van der Waals surface area contributed by atoms with Crippen molar-refractivity contribution in [2.45, 2.75) is 34.1 Å². The maximum absolute atomic E-state index is 9.81. The zero-order valence-corrected chi connectivity index (χ0v) is 16.0. The molecule has 0 aliphatic carbocycles. The first-order chi connectivity index (χ1) is 10.5. The van der Waals surface area contributed by atoms with Crippen LogP contribution in [0.2, 0.25) is 0 Å². The van der Waals surface area contributed by atoms with Gasteiger partial charge in [-0.3, -0.25) is 0 Å². The summed E-state index contributed by atoms with van der Waals surface area (Å²) in [6.45, 7) is 12.1. The number of carbonyl (C=O) groups is 1. The summed E-state index contributed by atoms with van der Waals surface area (Å²) in [6, 6.07) is 0. The smallest absolute Gasteiger partial charge is 0.0827 e. The maximum atomic E-state index is 9.81. The second-order valence-corrected chi connectivity index (χ2v) is 9.97. The van der Waals surface area contributed by atoms with Gasteiger partial charge in [-0.1, -0.05) is 0 Å². The molecule has 0 rings (SSSR count). The average Bonchev–Trinajstić information content (AvgIpc) is 2.52. The Morgan fingerprint density at radius 2 is 1.50 bits per heavy atom. The number of carboxylic acids is 1. The summed E-state index contributed by atoms with van der Waals surface area (Å²) < 4.78 is 14.9. The van der Waals surface area contributed by atoms with Crippen molar-refractivity contribution in [3.05, 3.63) is 0 Å². The fraction of sp³-hybridized carbons (Fsp3) is 0.938. The lowest BCUT2D eigenvalue weighted by Gasteiger charge is -2.23. The maximum Gasteiger partial charge on any atom is 0.0827 e. The molecule has 0 saturated carbocycles. The Morgan fingerprint density at radius 3 is 1.91 bits per heavy atom. The Kier molecular flexibility index (Phi) is 18.7. The Hall–Kier alpha value is -0.220. The second kappa shape index (κ2) is 17.1. The minimum atomic E-state index is -1.09. The van der Waals surface area contributed by atoms with Crippen LogP contribution in [0.3, 0.4) is 0 Å². The topological polar surface area (TPSA) is 67.8 Å². The first-order valence-corrected chi connectivity index (χ1v) is 10.7. The van der Waals surface area contributed by atoms with Gasteiger partial charge in [-0.25, -0.2) is 0 Å². The van der Waals surface area contributed by atoms with Crippen molar-refractivity contribution in [3.63, 3.8) is 0 Å². The minimum Gasteiger partial charge on any atom is -0.550 e. The van der Waals surface area contributed by atoms with Crippen LogP contribution in [-0.2, 0) is 19.0 Å². The van der Waals surface area contributed by atoms with E-state index in [1.54, 1.807) is 7.11 Å². The van der Waals surface area contributed by atoms with E-state index in [1.807, 2.05) is 0 Å². The number of ether oxygens (including phenoxy) is 3. The minimum absolute atomic E-state index is 0.0519. The molecule has 0 radical (unpaired) electrons. The number of carboxylic acid groups (broad SMARTS) is 1. The standard InChI is InChI=1S/C10H24OP.C6H12O4/c1-5-11-9-10-12(6-2,7-3)8-4;1-9-4-5-10-3-2-6(7)8/h5-10H2,1-4H3;2-5H2,1H3,(H,7,8)/q+1;/p-1. The monoisotopic (exact) mass is 338 g/mol. The predicted octanol–water partition coefficient (Wildman–Crippen LogP) is 1.89. The van der Waals surface area contributed by atoms with Gasteiger partial charge in [0.15, 0.2) is 0 Å². The molecule has 0 heterocycles. The van der Waals surface area contributed by atoms with Crippen LogP contribution >= 0.6 is 7.26 Å². The van der Waals surface area contributed by atoms with Gasteiger partial charge in [0.2, 0.25) is 0 Å². The summed E-state index contributed by atoms with van der Waals surface area (Å²) in [5.74, 6) is -1.09. The molecule has 0 unspecified atom stereocenters. The van der Waals surface area contributed by atoms with Crippen LogP contribution in [0.5, 0.6) is 0 Å². The summed E-state index contributed by atoms with van der Waals surface area (Å²) in [7, 11) is 0.964. The first kappa shape index (κ1) is 24.0. The fourth-order valence-electron chi connectivity index (χ4n) is 1.95.